The van der Waals surface area contributed by atoms with Gasteiger partial charge in [-0.2, -0.15) is 6.07 Å². The molecule has 1 aliphatic rings. The number of nitrogens with zero attached hydrogens (tertiary/aromatic N) is 4. The molecule has 9 rings (SSSR count). The second-order valence-electron chi connectivity index (χ2n) is 20.6. The number of rotatable bonds is 9. The Kier molecular flexibility index (Phi) is 12.6. The quantitative estimate of drug-likeness (QED) is 0.135. The molecule has 6 aromatic carbocycles. The Balaban J connectivity index is 0.00000592. The van der Waals surface area contributed by atoms with Crippen LogP contribution < -0.4 is 14.5 Å². The number of hydrogen-bond acceptors (Lipinski definition) is 4. The average Bonchev–Trinajstić information content (AvgIpc) is 3.82. The summed E-state index contributed by atoms with van der Waals surface area (Å²) < 4.78 is 25.2. The second kappa shape index (κ2) is 17.8. The van der Waals surface area contributed by atoms with E-state index in [1.165, 1.54) is 39.4 Å². The maximum absolute atomic E-state index is 16.7. The summed E-state index contributed by atoms with van der Waals surface area (Å²) in [7, 11) is 0. The van der Waals surface area contributed by atoms with Crippen LogP contribution in [0.3, 0.4) is 0 Å². The molecule has 0 fully saturated rings. The van der Waals surface area contributed by atoms with E-state index in [1.807, 2.05) is 53.2 Å². The molecule has 0 saturated carbocycles. The zero-order chi connectivity index (χ0) is 46.1. The van der Waals surface area contributed by atoms with Crippen LogP contribution in [0.2, 0.25) is 0 Å². The van der Waals surface area contributed by atoms with Crippen LogP contribution in [0.25, 0.3) is 38.8 Å². The maximum atomic E-state index is 16.7. The molecule has 66 heavy (non-hydrogen) atoms. The molecule has 342 valence electrons. The average molecular weight is 1060 g/mol. The van der Waals surface area contributed by atoms with Crippen molar-refractivity contribution in [2.24, 2.45) is 0 Å². The van der Waals surface area contributed by atoms with Crippen molar-refractivity contribution >= 4 is 44.6 Å². The van der Waals surface area contributed by atoms with Gasteiger partial charge in [-0.05, 0) is 115 Å². The maximum Gasteiger partial charge on any atom is 0.136 e. The summed E-state index contributed by atoms with van der Waals surface area (Å²) in [6, 6.07) is 46.5. The number of pyridine rings is 1. The molecular weight excluding hydrogens is 995 g/mol. The van der Waals surface area contributed by atoms with Gasteiger partial charge < -0.3 is 19.1 Å². The third-order valence-corrected chi connectivity index (χ3v) is 12.8. The molecule has 0 radical (unpaired) electrons. The first-order chi connectivity index (χ1) is 30.9. The van der Waals surface area contributed by atoms with Gasteiger partial charge in [-0.25, -0.2) is 9.37 Å². The fraction of sp³-hybridized carbons (Fsp3) is 0.288. The smallest absolute Gasteiger partial charge is 0.136 e. The minimum atomic E-state index is -0.394. The van der Waals surface area contributed by atoms with E-state index < -0.39 is 5.82 Å². The number of anilines is 4. The standard InChI is InChI=1S/C59H60FN4O.Pt/c1-36(2)40-26-48(37(3)4)56(49(27-40)38(5)6)39-24-25-61-55(28-39)64-51-21-14-13-20-47(51)57-50(60)33-46(34-54(57)64)65-45-19-17-18-43(32-45)62-35-63(53-23-16-15-22-52(53)62)44-30-41(58(7,8)9)29-42(31-44)59(10,11)12;/h13-31,33,35-38H,1-12H3;/q-3;. The van der Waals surface area contributed by atoms with Gasteiger partial charge in [-0.1, -0.05) is 149 Å². The van der Waals surface area contributed by atoms with Crippen LogP contribution in [0.5, 0.6) is 11.5 Å². The Morgan fingerprint density at radius 1 is 0.636 bits per heavy atom. The van der Waals surface area contributed by atoms with E-state index in [0.29, 0.717) is 40.2 Å². The Hall–Kier alpha value is -5.71. The van der Waals surface area contributed by atoms with Gasteiger partial charge in [0.25, 0.3) is 0 Å². The SMILES string of the molecule is CC(C)c1cc(C(C)C)c(-c2ccnc(-n3c4[c-]c(Oc5[c-]c(N6[CH-]N(c7cc(C(C)(C)C)cc(C(C)(C)C)c7)c7ccccc76)ccc5)cc(F)c4c4ccccc43)c2)c(C(C)C)c1.[Pt]. The predicted octanol–water partition coefficient (Wildman–Crippen LogP) is 16.7. The van der Waals surface area contributed by atoms with Crippen LogP contribution in [0, 0.1) is 24.6 Å². The molecule has 0 N–H and O–H groups in total. The summed E-state index contributed by atoms with van der Waals surface area (Å²) in [4.78, 5) is 9.34. The predicted molar refractivity (Wildman–Crippen MR) is 269 cm³/mol. The molecule has 8 aromatic rings. The van der Waals surface area contributed by atoms with Crippen molar-refractivity contribution in [3.63, 3.8) is 0 Å². The van der Waals surface area contributed by atoms with Gasteiger partial charge in [0.05, 0.1) is 0 Å². The third kappa shape index (κ3) is 8.70. The number of para-hydroxylation sites is 3. The molecule has 0 bridgehead atoms. The summed E-state index contributed by atoms with van der Waals surface area (Å²) in [6.45, 7) is 29.3. The van der Waals surface area contributed by atoms with Crippen LogP contribution >= 0.6 is 0 Å². The summed E-state index contributed by atoms with van der Waals surface area (Å²) in [6.07, 6.45) is 1.87. The zero-order valence-electron chi connectivity index (χ0n) is 40.2. The molecule has 3 heterocycles. The number of hydrogen-bond donors (Lipinski definition) is 0. The normalized spacial score (nSPS) is 13.1. The van der Waals surface area contributed by atoms with Crippen molar-refractivity contribution < 1.29 is 30.2 Å². The van der Waals surface area contributed by atoms with Gasteiger partial charge in [-0.15, -0.1) is 36.6 Å². The van der Waals surface area contributed by atoms with E-state index in [2.05, 4.69) is 178 Å². The largest absolute Gasteiger partial charge is 0.509 e. The molecule has 0 unspecified atom stereocenters. The number of halogens is 1. The van der Waals surface area contributed by atoms with Gasteiger partial charge in [0, 0.05) is 67.2 Å². The molecule has 2 aromatic heterocycles. The first-order valence-electron chi connectivity index (χ1n) is 23.1. The van der Waals surface area contributed by atoms with E-state index in [9.17, 15) is 0 Å². The van der Waals surface area contributed by atoms with E-state index in [4.69, 9.17) is 9.72 Å². The topological polar surface area (TPSA) is 33.5 Å². The molecule has 5 nitrogen and oxygen atoms in total. The molecule has 7 heteroatoms. The minimum Gasteiger partial charge on any atom is -0.509 e. The van der Waals surface area contributed by atoms with Crippen LogP contribution in [0.15, 0.2) is 121 Å². The zero-order valence-corrected chi connectivity index (χ0v) is 42.5. The monoisotopic (exact) mass is 1050 g/mol. The summed E-state index contributed by atoms with van der Waals surface area (Å²) in [5, 5.41) is 1.25. The molecule has 0 amide bonds. The fourth-order valence-electron chi connectivity index (χ4n) is 9.10. The summed E-state index contributed by atoms with van der Waals surface area (Å²) in [5.74, 6) is 2.02. The number of aromatic nitrogens is 2. The molecule has 1 aliphatic heterocycles. The van der Waals surface area contributed by atoms with Crippen molar-refractivity contribution in [3.05, 3.63) is 174 Å². The first kappa shape index (κ1) is 46.8. The number of benzene rings is 6. The van der Waals surface area contributed by atoms with Gasteiger partial charge in [-0.3, -0.25) is 0 Å². The van der Waals surface area contributed by atoms with E-state index in [0.717, 1.165) is 39.2 Å². The Morgan fingerprint density at radius 2 is 1.26 bits per heavy atom. The van der Waals surface area contributed by atoms with E-state index in [-0.39, 0.29) is 37.6 Å². The minimum absolute atomic E-state index is 0. The second-order valence-corrected chi connectivity index (χ2v) is 20.6. The number of fused-ring (bicyclic) bond motifs is 4. The third-order valence-electron chi connectivity index (χ3n) is 12.8. The Labute approximate surface area is 405 Å². The number of ether oxygens (including phenoxy) is 1. The molecule has 0 aliphatic carbocycles. The van der Waals surface area contributed by atoms with E-state index >= 15 is 4.39 Å². The van der Waals surface area contributed by atoms with Crippen LogP contribution in [-0.4, -0.2) is 9.55 Å². The van der Waals surface area contributed by atoms with Gasteiger partial charge in [0.2, 0.25) is 0 Å². The van der Waals surface area contributed by atoms with Gasteiger partial charge in [0.1, 0.15) is 5.82 Å². The van der Waals surface area contributed by atoms with Crippen LogP contribution in [0.1, 0.15) is 129 Å². The Morgan fingerprint density at radius 3 is 1.88 bits per heavy atom. The van der Waals surface area contributed by atoms with Crippen molar-refractivity contribution in [2.45, 2.75) is 112 Å². The van der Waals surface area contributed by atoms with Gasteiger partial charge >= 0.3 is 0 Å². The fourth-order valence-corrected chi connectivity index (χ4v) is 9.10. The molecule has 0 spiro atoms. The van der Waals surface area contributed by atoms with Crippen molar-refractivity contribution in [3.8, 4) is 28.4 Å². The van der Waals surface area contributed by atoms with Crippen LogP contribution in [0.4, 0.5) is 27.1 Å². The molecule has 0 atom stereocenters. The summed E-state index contributed by atoms with van der Waals surface area (Å²) >= 11 is 0. The van der Waals surface area contributed by atoms with E-state index in [1.54, 1.807) is 0 Å². The van der Waals surface area contributed by atoms with Crippen LogP contribution in [-0.2, 0) is 31.9 Å². The Bertz CT molecular complexity index is 3030. The molecule has 0 saturated heterocycles. The van der Waals surface area contributed by atoms with Crippen molar-refractivity contribution in [1.29, 1.82) is 0 Å². The first-order valence-corrected chi connectivity index (χ1v) is 23.1. The molecular formula is C59H60FN4OPt-3. The van der Waals surface area contributed by atoms with Crippen molar-refractivity contribution in [1.82, 2.24) is 9.55 Å². The van der Waals surface area contributed by atoms with Gasteiger partial charge in [0.15, 0.2) is 0 Å². The summed E-state index contributed by atoms with van der Waals surface area (Å²) in [5.41, 5.74) is 14.2. The van der Waals surface area contributed by atoms with Crippen molar-refractivity contribution in [2.75, 3.05) is 9.80 Å².